The topological polar surface area (TPSA) is 98.5 Å². The van der Waals surface area contributed by atoms with E-state index in [0.717, 1.165) is 11.6 Å². The summed E-state index contributed by atoms with van der Waals surface area (Å²) in [5, 5.41) is 13.4. The number of benzene rings is 2. The highest BCUT2D eigenvalue weighted by molar-refractivity contribution is 5.89. The maximum absolute atomic E-state index is 11.8. The summed E-state index contributed by atoms with van der Waals surface area (Å²) in [4.78, 5) is 33.7. The number of hydrogen-bond donors (Lipinski definition) is 1. The largest absolute Gasteiger partial charge is 0.452 e. The van der Waals surface area contributed by atoms with E-state index in [4.69, 9.17) is 4.74 Å². The number of hydrogen-bond acceptors (Lipinski definition) is 5. The summed E-state index contributed by atoms with van der Waals surface area (Å²) < 4.78 is 4.87. The van der Waals surface area contributed by atoms with Crippen molar-refractivity contribution in [1.82, 2.24) is 5.32 Å². The van der Waals surface area contributed by atoms with Gasteiger partial charge in [-0.25, -0.2) is 4.79 Å². The van der Waals surface area contributed by atoms with Gasteiger partial charge in [0.1, 0.15) is 0 Å². The van der Waals surface area contributed by atoms with Crippen molar-refractivity contribution < 1.29 is 19.2 Å². The summed E-state index contributed by atoms with van der Waals surface area (Å²) in [5.41, 5.74) is 1.35. The summed E-state index contributed by atoms with van der Waals surface area (Å²) in [6, 6.07) is 15.0. The minimum Gasteiger partial charge on any atom is -0.452 e. The lowest BCUT2D eigenvalue weighted by Gasteiger charge is -2.13. The van der Waals surface area contributed by atoms with Crippen LogP contribution in [0.25, 0.3) is 6.08 Å². The molecule has 0 bridgehead atoms. The molecule has 0 aliphatic rings. The van der Waals surface area contributed by atoms with Crippen LogP contribution in [0, 0.1) is 10.1 Å². The molecule has 0 heterocycles. The highest BCUT2D eigenvalue weighted by atomic mass is 16.6. The molecule has 2 aromatic carbocycles. The quantitative estimate of drug-likeness (QED) is 0.357. The second-order valence-corrected chi connectivity index (χ2v) is 5.49. The van der Waals surface area contributed by atoms with Crippen LogP contribution in [0.2, 0.25) is 0 Å². The first-order chi connectivity index (χ1) is 12.5. The minimum absolute atomic E-state index is 0.0743. The van der Waals surface area contributed by atoms with Crippen LogP contribution in [0.1, 0.15) is 24.1 Å². The average Bonchev–Trinajstić information content (AvgIpc) is 2.65. The van der Waals surface area contributed by atoms with Crippen molar-refractivity contribution in [2.75, 3.05) is 6.61 Å². The number of nitrogens with zero attached hydrogens (tertiary/aromatic N) is 1. The van der Waals surface area contributed by atoms with Crippen LogP contribution in [0.3, 0.4) is 0 Å². The predicted molar refractivity (Wildman–Crippen MR) is 96.1 cm³/mol. The second kappa shape index (κ2) is 9.12. The molecule has 0 aliphatic heterocycles. The molecule has 134 valence electrons. The number of nitro benzene ring substituents is 1. The van der Waals surface area contributed by atoms with Gasteiger partial charge < -0.3 is 10.1 Å². The number of nitrogens with one attached hydrogen (secondary N) is 1. The number of non-ortho nitro benzene ring substituents is 1. The second-order valence-electron chi connectivity index (χ2n) is 5.49. The van der Waals surface area contributed by atoms with Gasteiger partial charge in [0.2, 0.25) is 0 Å². The highest BCUT2D eigenvalue weighted by Crippen LogP contribution is 2.14. The molecular weight excluding hydrogens is 336 g/mol. The summed E-state index contributed by atoms with van der Waals surface area (Å²) in [5.74, 6) is -1.13. The zero-order chi connectivity index (χ0) is 18.9. The third-order valence-corrected chi connectivity index (χ3v) is 3.52. The average molecular weight is 354 g/mol. The molecule has 1 atom stereocenters. The molecule has 1 amide bonds. The van der Waals surface area contributed by atoms with Gasteiger partial charge in [0.25, 0.3) is 11.6 Å². The van der Waals surface area contributed by atoms with Gasteiger partial charge in [-0.05, 0) is 24.1 Å². The van der Waals surface area contributed by atoms with Crippen molar-refractivity contribution >= 4 is 23.6 Å². The van der Waals surface area contributed by atoms with E-state index in [0.29, 0.717) is 5.56 Å². The van der Waals surface area contributed by atoms with E-state index in [2.05, 4.69) is 5.32 Å². The molecule has 0 fully saturated rings. The van der Waals surface area contributed by atoms with E-state index in [1.54, 1.807) is 6.07 Å². The van der Waals surface area contributed by atoms with Crippen LogP contribution in [-0.4, -0.2) is 23.4 Å². The van der Waals surface area contributed by atoms with E-state index in [-0.39, 0.29) is 11.7 Å². The number of esters is 1. The van der Waals surface area contributed by atoms with Gasteiger partial charge in [0.15, 0.2) is 6.61 Å². The fourth-order valence-electron chi connectivity index (χ4n) is 2.20. The Morgan fingerprint density at radius 3 is 2.62 bits per heavy atom. The Hall–Kier alpha value is -3.48. The lowest BCUT2D eigenvalue weighted by atomic mass is 10.1. The van der Waals surface area contributed by atoms with E-state index in [1.807, 2.05) is 37.3 Å². The van der Waals surface area contributed by atoms with Gasteiger partial charge in [-0.1, -0.05) is 42.5 Å². The van der Waals surface area contributed by atoms with Crippen LogP contribution in [0.5, 0.6) is 0 Å². The maximum Gasteiger partial charge on any atom is 0.331 e. The molecule has 0 aliphatic carbocycles. The lowest BCUT2D eigenvalue weighted by Crippen LogP contribution is -2.30. The number of nitro groups is 1. The fraction of sp³-hybridized carbons (Fsp3) is 0.158. The van der Waals surface area contributed by atoms with Crippen molar-refractivity contribution in [3.63, 3.8) is 0 Å². The van der Waals surface area contributed by atoms with Crippen molar-refractivity contribution in [3.05, 3.63) is 81.9 Å². The Balaban J connectivity index is 1.82. The molecule has 7 heteroatoms. The van der Waals surface area contributed by atoms with Gasteiger partial charge in [-0.15, -0.1) is 0 Å². The van der Waals surface area contributed by atoms with E-state index in [9.17, 15) is 19.7 Å². The number of carbonyl (C=O) groups is 2. The standard InChI is InChI=1S/C19H18N2O5/c1-14(16-7-3-2-4-8-16)20-18(22)13-26-19(23)11-10-15-6-5-9-17(12-15)21(24)25/h2-12,14H,13H2,1H3,(H,20,22)/b11-10+/t14-/m1/s1. The normalized spacial score (nSPS) is 11.7. The van der Waals surface area contributed by atoms with Crippen molar-refractivity contribution in [2.45, 2.75) is 13.0 Å². The van der Waals surface area contributed by atoms with Gasteiger partial charge in [0.05, 0.1) is 11.0 Å². The molecule has 0 radical (unpaired) electrons. The SMILES string of the molecule is C[C@@H](NC(=O)COC(=O)/C=C/c1cccc([N+](=O)[O-])c1)c1ccccc1. The maximum atomic E-state index is 11.8. The van der Waals surface area contributed by atoms with Gasteiger partial charge in [-0.3, -0.25) is 14.9 Å². The van der Waals surface area contributed by atoms with Crippen molar-refractivity contribution in [2.24, 2.45) is 0 Å². The van der Waals surface area contributed by atoms with Crippen molar-refractivity contribution in [3.8, 4) is 0 Å². The Kier molecular flexibility index (Phi) is 6.61. The van der Waals surface area contributed by atoms with E-state index < -0.39 is 23.4 Å². The number of rotatable bonds is 7. The highest BCUT2D eigenvalue weighted by Gasteiger charge is 2.10. The molecular formula is C19H18N2O5. The summed E-state index contributed by atoms with van der Waals surface area (Å²) in [7, 11) is 0. The molecule has 2 aromatic rings. The molecule has 0 unspecified atom stereocenters. The van der Waals surface area contributed by atoms with Crippen LogP contribution < -0.4 is 5.32 Å². The van der Waals surface area contributed by atoms with Crippen LogP contribution in [0.4, 0.5) is 5.69 Å². The zero-order valence-electron chi connectivity index (χ0n) is 14.1. The lowest BCUT2D eigenvalue weighted by molar-refractivity contribution is -0.384. The summed E-state index contributed by atoms with van der Waals surface area (Å²) in [6.45, 7) is 1.42. The monoisotopic (exact) mass is 354 g/mol. The third kappa shape index (κ3) is 5.86. The number of ether oxygens (including phenoxy) is 1. The Labute approximate surface area is 150 Å². The Morgan fingerprint density at radius 2 is 1.92 bits per heavy atom. The molecule has 0 saturated carbocycles. The summed E-state index contributed by atoms with van der Waals surface area (Å²) in [6.07, 6.45) is 2.51. The van der Waals surface area contributed by atoms with Gasteiger partial charge in [-0.2, -0.15) is 0 Å². The first-order valence-corrected chi connectivity index (χ1v) is 7.89. The van der Waals surface area contributed by atoms with Gasteiger partial charge >= 0.3 is 5.97 Å². The number of carbonyl (C=O) groups excluding carboxylic acids is 2. The minimum atomic E-state index is -0.709. The molecule has 7 nitrogen and oxygen atoms in total. The van der Waals surface area contributed by atoms with Crippen molar-refractivity contribution in [1.29, 1.82) is 0 Å². The zero-order valence-corrected chi connectivity index (χ0v) is 14.1. The first kappa shape index (κ1) is 18.9. The molecule has 26 heavy (non-hydrogen) atoms. The van der Waals surface area contributed by atoms with Crippen LogP contribution in [0.15, 0.2) is 60.7 Å². The molecule has 2 rings (SSSR count). The third-order valence-electron chi connectivity index (χ3n) is 3.52. The molecule has 1 N–H and O–H groups in total. The first-order valence-electron chi connectivity index (χ1n) is 7.89. The fourth-order valence-corrected chi connectivity index (χ4v) is 2.20. The molecule has 0 aromatic heterocycles. The predicted octanol–water partition coefficient (Wildman–Crippen LogP) is 3.03. The molecule has 0 saturated heterocycles. The Bertz CT molecular complexity index is 818. The van der Waals surface area contributed by atoms with Crippen LogP contribution in [-0.2, 0) is 14.3 Å². The Morgan fingerprint density at radius 1 is 1.19 bits per heavy atom. The van der Waals surface area contributed by atoms with Crippen LogP contribution >= 0.6 is 0 Å². The van der Waals surface area contributed by atoms with Gasteiger partial charge in [0, 0.05) is 18.2 Å². The van der Waals surface area contributed by atoms with E-state index >= 15 is 0 Å². The number of amides is 1. The van der Waals surface area contributed by atoms with E-state index in [1.165, 1.54) is 24.3 Å². The molecule has 0 spiro atoms. The smallest absolute Gasteiger partial charge is 0.331 e. The summed E-state index contributed by atoms with van der Waals surface area (Å²) >= 11 is 0.